The minimum absolute atomic E-state index is 0.0286. The fourth-order valence-corrected chi connectivity index (χ4v) is 4.12. The Kier molecular flexibility index (Phi) is 5.15. The topological polar surface area (TPSA) is 56.8 Å². The number of likely N-dealkylation sites (tertiary alicyclic amines) is 1. The summed E-state index contributed by atoms with van der Waals surface area (Å²) in [4.78, 5) is 34.8. The maximum absolute atomic E-state index is 12.8. The van der Waals surface area contributed by atoms with Crippen LogP contribution in [0.1, 0.15) is 26.2 Å². The number of anilines is 1. The highest BCUT2D eigenvalue weighted by molar-refractivity contribution is 7.13. The van der Waals surface area contributed by atoms with Crippen LogP contribution in [0.5, 0.6) is 0 Å². The molecule has 2 aliphatic rings. The van der Waals surface area contributed by atoms with Gasteiger partial charge >= 0.3 is 0 Å². The van der Waals surface area contributed by atoms with E-state index in [0.717, 1.165) is 57.1 Å². The summed E-state index contributed by atoms with van der Waals surface area (Å²) < 4.78 is 0. The van der Waals surface area contributed by atoms with Crippen molar-refractivity contribution in [1.29, 1.82) is 0 Å². The third kappa shape index (κ3) is 3.83. The number of carbonyl (C=O) groups excluding carboxylic acids is 2. The van der Waals surface area contributed by atoms with Gasteiger partial charge in [-0.2, -0.15) is 0 Å². The van der Waals surface area contributed by atoms with Gasteiger partial charge in [0.05, 0.1) is 5.92 Å². The first kappa shape index (κ1) is 16.2. The third-order valence-electron chi connectivity index (χ3n) is 4.71. The van der Waals surface area contributed by atoms with Crippen molar-refractivity contribution in [2.45, 2.75) is 26.2 Å². The van der Waals surface area contributed by atoms with Crippen molar-refractivity contribution in [1.82, 2.24) is 14.8 Å². The Morgan fingerprint density at radius 2 is 1.96 bits per heavy atom. The Hall–Kier alpha value is -1.63. The molecule has 2 saturated heterocycles. The molecule has 1 aromatic heterocycles. The summed E-state index contributed by atoms with van der Waals surface area (Å²) in [6.45, 7) is 6.29. The number of hydrogen-bond donors (Lipinski definition) is 0. The van der Waals surface area contributed by atoms with Crippen molar-refractivity contribution in [3.63, 3.8) is 0 Å². The van der Waals surface area contributed by atoms with Gasteiger partial charge in [-0.05, 0) is 19.3 Å². The normalized spacial score (nSPS) is 22.8. The van der Waals surface area contributed by atoms with E-state index in [1.807, 2.05) is 21.4 Å². The van der Waals surface area contributed by atoms with Crippen LogP contribution in [-0.2, 0) is 9.59 Å². The molecule has 23 heavy (non-hydrogen) atoms. The molecule has 0 aromatic carbocycles. The highest BCUT2D eigenvalue weighted by atomic mass is 32.1. The minimum Gasteiger partial charge on any atom is -0.346 e. The predicted octanol–water partition coefficient (Wildman–Crippen LogP) is 1.44. The Morgan fingerprint density at radius 1 is 1.13 bits per heavy atom. The van der Waals surface area contributed by atoms with E-state index in [1.165, 1.54) is 0 Å². The van der Waals surface area contributed by atoms with Crippen LogP contribution in [0.3, 0.4) is 0 Å². The lowest BCUT2D eigenvalue weighted by Crippen LogP contribution is -2.47. The molecule has 2 fully saturated rings. The van der Waals surface area contributed by atoms with Crippen LogP contribution in [0.2, 0.25) is 0 Å². The summed E-state index contributed by atoms with van der Waals surface area (Å²) in [5, 5.41) is 3.03. The molecular weight excluding hydrogens is 312 g/mol. The van der Waals surface area contributed by atoms with E-state index < -0.39 is 0 Å². The van der Waals surface area contributed by atoms with Crippen molar-refractivity contribution in [2.24, 2.45) is 5.92 Å². The summed E-state index contributed by atoms with van der Waals surface area (Å²) in [7, 11) is 0. The number of nitrogens with zero attached hydrogens (tertiary/aromatic N) is 4. The van der Waals surface area contributed by atoms with Gasteiger partial charge in [0.15, 0.2) is 5.13 Å². The number of thiazole rings is 1. The lowest BCUT2D eigenvalue weighted by atomic mass is 9.96. The van der Waals surface area contributed by atoms with Gasteiger partial charge in [0.1, 0.15) is 0 Å². The molecule has 0 spiro atoms. The molecule has 0 saturated carbocycles. The Morgan fingerprint density at radius 3 is 2.70 bits per heavy atom. The van der Waals surface area contributed by atoms with Gasteiger partial charge in [-0.1, -0.05) is 0 Å². The van der Waals surface area contributed by atoms with Gasteiger partial charge in [-0.3, -0.25) is 9.59 Å². The summed E-state index contributed by atoms with van der Waals surface area (Å²) in [5.41, 5.74) is 0. The first-order valence-corrected chi connectivity index (χ1v) is 9.22. The van der Waals surface area contributed by atoms with Crippen molar-refractivity contribution in [2.75, 3.05) is 44.2 Å². The lowest BCUT2D eigenvalue weighted by molar-refractivity contribution is -0.140. The van der Waals surface area contributed by atoms with Gasteiger partial charge in [-0.15, -0.1) is 11.3 Å². The molecule has 7 heteroatoms. The summed E-state index contributed by atoms with van der Waals surface area (Å²) in [5.74, 6) is 0.268. The molecule has 0 unspecified atom stereocenters. The fraction of sp³-hybridized carbons (Fsp3) is 0.688. The van der Waals surface area contributed by atoms with Crippen LogP contribution in [0, 0.1) is 5.92 Å². The predicted molar refractivity (Wildman–Crippen MR) is 90.5 cm³/mol. The maximum Gasteiger partial charge on any atom is 0.227 e. The van der Waals surface area contributed by atoms with Gasteiger partial charge in [0.25, 0.3) is 0 Å². The number of hydrogen-bond acceptors (Lipinski definition) is 5. The maximum atomic E-state index is 12.8. The zero-order valence-electron chi connectivity index (χ0n) is 13.6. The Bertz CT molecular complexity index is 548. The molecule has 6 nitrogen and oxygen atoms in total. The van der Waals surface area contributed by atoms with Gasteiger partial charge < -0.3 is 14.7 Å². The van der Waals surface area contributed by atoms with E-state index in [9.17, 15) is 9.59 Å². The van der Waals surface area contributed by atoms with Crippen molar-refractivity contribution in [3.05, 3.63) is 11.6 Å². The third-order valence-corrected chi connectivity index (χ3v) is 5.55. The molecule has 0 radical (unpaired) electrons. The highest BCUT2D eigenvalue weighted by Crippen LogP contribution is 2.22. The van der Waals surface area contributed by atoms with E-state index in [0.29, 0.717) is 6.54 Å². The first-order chi connectivity index (χ1) is 11.1. The molecule has 0 N–H and O–H groups in total. The molecular formula is C16H24N4O2S. The van der Waals surface area contributed by atoms with Gasteiger partial charge in [-0.25, -0.2) is 4.98 Å². The van der Waals surface area contributed by atoms with E-state index in [1.54, 1.807) is 18.3 Å². The largest absolute Gasteiger partial charge is 0.346 e. The van der Waals surface area contributed by atoms with Crippen LogP contribution < -0.4 is 4.90 Å². The number of rotatable bonds is 2. The zero-order valence-corrected chi connectivity index (χ0v) is 14.4. The minimum atomic E-state index is -0.0286. The number of amides is 2. The van der Waals surface area contributed by atoms with Crippen molar-refractivity contribution >= 4 is 28.3 Å². The first-order valence-electron chi connectivity index (χ1n) is 8.34. The van der Waals surface area contributed by atoms with Crippen LogP contribution in [0.4, 0.5) is 5.13 Å². The second-order valence-corrected chi connectivity index (χ2v) is 7.16. The van der Waals surface area contributed by atoms with Crippen LogP contribution in [-0.4, -0.2) is 65.9 Å². The number of aromatic nitrogens is 1. The van der Waals surface area contributed by atoms with Crippen molar-refractivity contribution in [3.8, 4) is 0 Å². The molecule has 1 aromatic rings. The van der Waals surface area contributed by atoms with E-state index in [4.69, 9.17) is 0 Å². The van der Waals surface area contributed by atoms with Crippen LogP contribution >= 0.6 is 11.3 Å². The standard InChI is InChI=1S/C16H24N4O2S/c1-13(21)20-6-2-4-14(12-20)15(22)18-7-3-8-19(10-9-18)16-17-5-11-23-16/h5,11,14H,2-4,6-10,12H2,1H3/t14-/m1/s1. The summed E-state index contributed by atoms with van der Waals surface area (Å²) in [6.07, 6.45) is 4.62. The Labute approximate surface area is 141 Å². The molecule has 2 amide bonds. The second-order valence-electron chi connectivity index (χ2n) is 6.28. The molecule has 2 aliphatic heterocycles. The second kappa shape index (κ2) is 7.29. The molecule has 3 heterocycles. The summed E-state index contributed by atoms with van der Waals surface area (Å²) >= 11 is 1.65. The van der Waals surface area contributed by atoms with Crippen LogP contribution in [0.15, 0.2) is 11.6 Å². The van der Waals surface area contributed by atoms with Crippen LogP contribution in [0.25, 0.3) is 0 Å². The number of piperidine rings is 1. The van der Waals surface area contributed by atoms with E-state index >= 15 is 0 Å². The molecule has 0 bridgehead atoms. The van der Waals surface area contributed by atoms with Gasteiger partial charge in [0.2, 0.25) is 11.8 Å². The Balaban J connectivity index is 1.58. The smallest absolute Gasteiger partial charge is 0.227 e. The average molecular weight is 336 g/mol. The van der Waals surface area contributed by atoms with E-state index in [2.05, 4.69) is 9.88 Å². The van der Waals surface area contributed by atoms with Gasteiger partial charge in [0, 0.05) is 57.8 Å². The SMILES string of the molecule is CC(=O)N1CCC[C@@H](C(=O)N2CCCN(c3nccs3)CC2)C1. The molecule has 3 rings (SSSR count). The zero-order chi connectivity index (χ0) is 16.2. The van der Waals surface area contributed by atoms with E-state index in [-0.39, 0.29) is 17.7 Å². The quantitative estimate of drug-likeness (QED) is 0.820. The highest BCUT2D eigenvalue weighted by Gasteiger charge is 2.31. The molecule has 0 aliphatic carbocycles. The summed E-state index contributed by atoms with van der Waals surface area (Å²) in [6, 6.07) is 0. The average Bonchev–Trinajstić information content (AvgIpc) is 2.99. The molecule has 1 atom stereocenters. The lowest BCUT2D eigenvalue weighted by Gasteiger charge is -2.34. The van der Waals surface area contributed by atoms with Crippen molar-refractivity contribution < 1.29 is 9.59 Å². The fourth-order valence-electron chi connectivity index (χ4n) is 3.42. The monoisotopic (exact) mass is 336 g/mol. The molecule has 126 valence electrons. The number of carbonyl (C=O) groups is 2.